The molecular formula is C21H44O. The van der Waals surface area contributed by atoms with Crippen LogP contribution in [0.4, 0.5) is 0 Å². The zero-order chi connectivity index (χ0) is 16.3. The first-order valence-corrected chi connectivity index (χ1v) is 10.5. The minimum absolute atomic E-state index is 0.0494. The molecular weight excluding hydrogens is 268 g/mol. The van der Waals surface area contributed by atoms with E-state index >= 15 is 0 Å². The number of aliphatic hydroxyl groups is 1. The van der Waals surface area contributed by atoms with E-state index in [0.29, 0.717) is 0 Å². The average Bonchev–Trinajstić information content (AvgIpc) is 2.54. The molecule has 22 heavy (non-hydrogen) atoms. The Kier molecular flexibility index (Phi) is 19.0. The Hall–Kier alpha value is -0.0400. The summed E-state index contributed by atoms with van der Waals surface area (Å²) in [6.07, 6.45) is 24.5. The first-order valence-electron chi connectivity index (χ1n) is 10.5. The third-order valence-electron chi connectivity index (χ3n) is 4.86. The molecule has 0 radical (unpaired) electrons. The molecule has 0 saturated carbocycles. The second-order valence-electron chi connectivity index (χ2n) is 7.15. The Morgan fingerprint density at radius 3 is 1.14 bits per heavy atom. The summed E-state index contributed by atoms with van der Waals surface area (Å²) in [5, 5.41) is 9.47. The van der Waals surface area contributed by atoms with Crippen LogP contribution in [0.1, 0.15) is 129 Å². The highest BCUT2D eigenvalue weighted by Gasteiger charge is 1.99. The highest BCUT2D eigenvalue weighted by molar-refractivity contribution is 4.54. The zero-order valence-corrected chi connectivity index (χ0v) is 15.8. The van der Waals surface area contributed by atoms with Gasteiger partial charge in [0.15, 0.2) is 0 Å². The van der Waals surface area contributed by atoms with Crippen molar-refractivity contribution in [2.75, 3.05) is 0 Å². The minimum atomic E-state index is -0.0494. The van der Waals surface area contributed by atoms with Gasteiger partial charge in [-0.3, -0.25) is 0 Å². The van der Waals surface area contributed by atoms with Gasteiger partial charge < -0.3 is 5.11 Å². The fourth-order valence-corrected chi connectivity index (χ4v) is 3.13. The molecule has 1 nitrogen and oxygen atoms in total. The van der Waals surface area contributed by atoms with E-state index in [1.54, 1.807) is 0 Å². The molecule has 1 atom stereocenters. The molecule has 1 heteroatoms. The summed E-state index contributed by atoms with van der Waals surface area (Å²) >= 11 is 0. The number of hydrogen-bond acceptors (Lipinski definition) is 1. The summed E-state index contributed by atoms with van der Waals surface area (Å²) < 4.78 is 0. The third kappa shape index (κ3) is 18.0. The van der Waals surface area contributed by atoms with Crippen molar-refractivity contribution in [2.24, 2.45) is 0 Å². The van der Waals surface area contributed by atoms with Crippen molar-refractivity contribution in [1.82, 2.24) is 0 Å². The Labute approximate surface area is 141 Å². The summed E-state index contributed by atoms with van der Waals surface area (Å²) in [6.45, 7) is 4.36. The monoisotopic (exact) mass is 312 g/mol. The van der Waals surface area contributed by atoms with Gasteiger partial charge in [0.2, 0.25) is 0 Å². The molecule has 0 fully saturated rings. The number of aliphatic hydroxyl groups excluding tert-OH is 1. The molecule has 134 valence electrons. The Morgan fingerprint density at radius 2 is 0.818 bits per heavy atom. The van der Waals surface area contributed by atoms with Crippen molar-refractivity contribution in [3.8, 4) is 0 Å². The maximum absolute atomic E-state index is 9.47. The van der Waals surface area contributed by atoms with Crippen LogP contribution in [0.2, 0.25) is 0 Å². The standard InChI is InChI=1S/C21H44O/c1-3-5-6-7-8-9-10-11-12-13-14-15-16-17-18-19-20-21(22)4-2/h21-22H,3-20H2,1-2H3. The van der Waals surface area contributed by atoms with Crippen LogP contribution < -0.4 is 0 Å². The van der Waals surface area contributed by atoms with E-state index in [4.69, 9.17) is 0 Å². The van der Waals surface area contributed by atoms with Gasteiger partial charge in [-0.15, -0.1) is 0 Å². The predicted octanol–water partition coefficient (Wildman–Crippen LogP) is 7.41. The molecule has 0 aromatic carbocycles. The van der Waals surface area contributed by atoms with Gasteiger partial charge in [0.25, 0.3) is 0 Å². The lowest BCUT2D eigenvalue weighted by Crippen LogP contribution is -2.03. The first kappa shape index (κ1) is 22.0. The van der Waals surface area contributed by atoms with Crippen LogP contribution in [0, 0.1) is 0 Å². The molecule has 0 saturated heterocycles. The number of rotatable bonds is 18. The summed E-state index contributed by atoms with van der Waals surface area (Å²) in [6, 6.07) is 0. The van der Waals surface area contributed by atoms with Crippen molar-refractivity contribution in [2.45, 2.75) is 136 Å². The van der Waals surface area contributed by atoms with Crippen molar-refractivity contribution in [3.63, 3.8) is 0 Å². The number of unbranched alkanes of at least 4 members (excludes halogenated alkanes) is 15. The normalized spacial score (nSPS) is 12.7. The van der Waals surface area contributed by atoms with Crippen molar-refractivity contribution in [1.29, 1.82) is 0 Å². The van der Waals surface area contributed by atoms with Crippen molar-refractivity contribution >= 4 is 0 Å². The fourth-order valence-electron chi connectivity index (χ4n) is 3.13. The van der Waals surface area contributed by atoms with E-state index in [1.807, 2.05) is 0 Å². The Morgan fingerprint density at radius 1 is 0.500 bits per heavy atom. The maximum atomic E-state index is 9.47. The summed E-state index contributed by atoms with van der Waals surface area (Å²) in [5.41, 5.74) is 0. The van der Waals surface area contributed by atoms with Crippen LogP contribution in [0.25, 0.3) is 0 Å². The van der Waals surface area contributed by atoms with E-state index in [2.05, 4.69) is 13.8 Å². The van der Waals surface area contributed by atoms with Crippen molar-refractivity contribution in [3.05, 3.63) is 0 Å². The van der Waals surface area contributed by atoms with Gasteiger partial charge in [-0.1, -0.05) is 117 Å². The molecule has 0 spiro atoms. The molecule has 0 aromatic heterocycles. The first-order chi connectivity index (χ1) is 10.8. The Balaban J connectivity index is 2.97. The van der Waals surface area contributed by atoms with Gasteiger partial charge in [-0.05, 0) is 12.8 Å². The van der Waals surface area contributed by atoms with Gasteiger partial charge in [-0.25, -0.2) is 0 Å². The van der Waals surface area contributed by atoms with Gasteiger partial charge in [-0.2, -0.15) is 0 Å². The summed E-state index contributed by atoms with van der Waals surface area (Å²) in [5.74, 6) is 0. The van der Waals surface area contributed by atoms with E-state index in [1.165, 1.54) is 103 Å². The van der Waals surface area contributed by atoms with Gasteiger partial charge in [0, 0.05) is 0 Å². The molecule has 1 N–H and O–H groups in total. The number of hydrogen-bond donors (Lipinski definition) is 1. The van der Waals surface area contributed by atoms with Crippen LogP contribution in [-0.2, 0) is 0 Å². The van der Waals surface area contributed by atoms with Crippen LogP contribution in [0.15, 0.2) is 0 Å². The lowest BCUT2D eigenvalue weighted by Gasteiger charge is -2.06. The van der Waals surface area contributed by atoms with Crippen LogP contribution in [0.3, 0.4) is 0 Å². The smallest absolute Gasteiger partial charge is 0.0537 e. The molecule has 0 aliphatic heterocycles. The highest BCUT2D eigenvalue weighted by atomic mass is 16.3. The summed E-state index contributed by atoms with van der Waals surface area (Å²) in [7, 11) is 0. The maximum Gasteiger partial charge on any atom is 0.0537 e. The molecule has 0 heterocycles. The highest BCUT2D eigenvalue weighted by Crippen LogP contribution is 2.14. The lowest BCUT2D eigenvalue weighted by atomic mass is 10.0. The summed E-state index contributed by atoms with van der Waals surface area (Å²) in [4.78, 5) is 0. The van der Waals surface area contributed by atoms with Crippen LogP contribution >= 0.6 is 0 Å². The molecule has 0 aliphatic rings. The van der Waals surface area contributed by atoms with Gasteiger partial charge in [0.05, 0.1) is 6.10 Å². The van der Waals surface area contributed by atoms with E-state index in [-0.39, 0.29) is 6.10 Å². The van der Waals surface area contributed by atoms with Crippen LogP contribution in [-0.4, -0.2) is 11.2 Å². The van der Waals surface area contributed by atoms with Gasteiger partial charge >= 0.3 is 0 Å². The van der Waals surface area contributed by atoms with E-state index in [9.17, 15) is 5.11 Å². The van der Waals surface area contributed by atoms with Gasteiger partial charge in [0.1, 0.15) is 0 Å². The quantitative estimate of drug-likeness (QED) is 0.261. The average molecular weight is 313 g/mol. The molecule has 0 amide bonds. The largest absolute Gasteiger partial charge is 0.393 e. The molecule has 0 aromatic rings. The lowest BCUT2D eigenvalue weighted by molar-refractivity contribution is 0.156. The molecule has 0 rings (SSSR count). The second kappa shape index (κ2) is 19.0. The molecule has 1 unspecified atom stereocenters. The van der Waals surface area contributed by atoms with Crippen LogP contribution in [0.5, 0.6) is 0 Å². The van der Waals surface area contributed by atoms with E-state index < -0.39 is 0 Å². The predicted molar refractivity (Wildman–Crippen MR) is 100 cm³/mol. The second-order valence-corrected chi connectivity index (χ2v) is 7.15. The zero-order valence-electron chi connectivity index (χ0n) is 15.8. The Bertz CT molecular complexity index is 190. The topological polar surface area (TPSA) is 20.2 Å². The van der Waals surface area contributed by atoms with Crippen molar-refractivity contribution < 1.29 is 5.11 Å². The fraction of sp³-hybridized carbons (Fsp3) is 1.00. The third-order valence-corrected chi connectivity index (χ3v) is 4.86. The molecule has 0 bridgehead atoms. The van der Waals surface area contributed by atoms with E-state index in [0.717, 1.165) is 12.8 Å². The SMILES string of the molecule is CCCCCCCCCCCCCCCCCCC(O)CC. The minimum Gasteiger partial charge on any atom is -0.393 e. The molecule has 0 aliphatic carbocycles.